The summed E-state index contributed by atoms with van der Waals surface area (Å²) in [6.07, 6.45) is 0. The lowest BCUT2D eigenvalue weighted by Gasteiger charge is -2.15. The van der Waals surface area contributed by atoms with Crippen LogP contribution in [0.25, 0.3) is 0 Å². The predicted molar refractivity (Wildman–Crippen MR) is 95.2 cm³/mol. The molecule has 1 unspecified atom stereocenters. The SMILES string of the molecule is CC1S/C(=N\NC(=O)c2ccc(Cl)s2)N(c2ccccc2)C1=O. The van der Waals surface area contributed by atoms with Crippen LogP contribution in [0.5, 0.6) is 0 Å². The standard InChI is InChI=1S/C15H12ClN3O2S2/c1-9-14(21)19(10-5-3-2-4-6-10)15(22-9)18-17-13(20)11-7-8-12(16)23-11/h2-9H,1H3,(H,17,20)/b18-15-. The second kappa shape index (κ2) is 6.74. The number of hydrogen-bond acceptors (Lipinski definition) is 5. The van der Waals surface area contributed by atoms with Crippen molar-refractivity contribution in [1.29, 1.82) is 0 Å². The summed E-state index contributed by atoms with van der Waals surface area (Å²) in [6.45, 7) is 1.81. The summed E-state index contributed by atoms with van der Waals surface area (Å²) in [4.78, 5) is 26.3. The molecule has 23 heavy (non-hydrogen) atoms. The van der Waals surface area contributed by atoms with Crippen LogP contribution in [0, 0.1) is 0 Å². The predicted octanol–water partition coefficient (Wildman–Crippen LogP) is 3.57. The third-order valence-corrected chi connectivity index (χ3v) is 5.38. The van der Waals surface area contributed by atoms with Crippen molar-refractivity contribution in [3.63, 3.8) is 0 Å². The minimum Gasteiger partial charge on any atom is -0.273 e. The van der Waals surface area contributed by atoms with Crippen molar-refractivity contribution in [2.24, 2.45) is 5.10 Å². The Kier molecular flexibility index (Phi) is 4.70. The molecular weight excluding hydrogens is 354 g/mol. The van der Waals surface area contributed by atoms with Crippen LogP contribution in [-0.4, -0.2) is 22.2 Å². The Morgan fingerprint density at radius 3 is 2.65 bits per heavy atom. The zero-order valence-corrected chi connectivity index (χ0v) is 14.4. The number of para-hydroxylation sites is 1. The number of thiophene rings is 1. The maximum atomic E-state index is 12.3. The van der Waals surface area contributed by atoms with Gasteiger partial charge in [-0.15, -0.1) is 16.4 Å². The van der Waals surface area contributed by atoms with Crippen LogP contribution in [0.2, 0.25) is 4.34 Å². The molecule has 1 aromatic carbocycles. The first kappa shape index (κ1) is 16.0. The number of carbonyl (C=O) groups is 2. The Morgan fingerprint density at radius 1 is 1.26 bits per heavy atom. The number of carbonyl (C=O) groups excluding carboxylic acids is 2. The molecule has 2 heterocycles. The summed E-state index contributed by atoms with van der Waals surface area (Å²) >= 11 is 8.30. The molecule has 3 rings (SSSR count). The number of nitrogens with one attached hydrogen (secondary N) is 1. The number of rotatable bonds is 3. The number of halogens is 1. The van der Waals surface area contributed by atoms with Crippen molar-refractivity contribution in [3.8, 4) is 0 Å². The number of hydrazone groups is 1. The molecule has 1 aliphatic rings. The molecule has 1 N–H and O–H groups in total. The van der Waals surface area contributed by atoms with Crippen LogP contribution in [0.15, 0.2) is 47.6 Å². The molecule has 2 amide bonds. The van der Waals surface area contributed by atoms with Crippen molar-refractivity contribution in [3.05, 3.63) is 51.7 Å². The quantitative estimate of drug-likeness (QED) is 0.846. The fraction of sp³-hybridized carbons (Fsp3) is 0.133. The minimum atomic E-state index is -0.352. The highest BCUT2D eigenvalue weighted by atomic mass is 35.5. The van der Waals surface area contributed by atoms with E-state index in [4.69, 9.17) is 11.6 Å². The van der Waals surface area contributed by atoms with Gasteiger partial charge in [0.05, 0.1) is 20.2 Å². The molecule has 1 fully saturated rings. The van der Waals surface area contributed by atoms with Gasteiger partial charge in [0.1, 0.15) is 0 Å². The smallest absolute Gasteiger partial charge is 0.273 e. The van der Waals surface area contributed by atoms with Gasteiger partial charge in [-0.05, 0) is 31.2 Å². The molecule has 0 bridgehead atoms. The molecule has 1 atom stereocenters. The van der Waals surface area contributed by atoms with Crippen molar-refractivity contribution >= 4 is 57.4 Å². The van der Waals surface area contributed by atoms with Crippen LogP contribution < -0.4 is 10.3 Å². The topological polar surface area (TPSA) is 61.8 Å². The highest BCUT2D eigenvalue weighted by Crippen LogP contribution is 2.31. The molecule has 0 radical (unpaired) electrons. The van der Waals surface area contributed by atoms with Gasteiger partial charge >= 0.3 is 0 Å². The van der Waals surface area contributed by atoms with Gasteiger partial charge in [-0.3, -0.25) is 14.5 Å². The number of hydrogen-bond donors (Lipinski definition) is 1. The highest BCUT2D eigenvalue weighted by molar-refractivity contribution is 8.16. The van der Waals surface area contributed by atoms with E-state index in [-0.39, 0.29) is 17.1 Å². The average Bonchev–Trinajstić information content (AvgIpc) is 3.10. The van der Waals surface area contributed by atoms with Gasteiger partial charge in [0.2, 0.25) is 5.91 Å². The zero-order chi connectivity index (χ0) is 16.4. The minimum absolute atomic E-state index is 0.0617. The summed E-state index contributed by atoms with van der Waals surface area (Å²) in [5.41, 5.74) is 3.20. The first-order valence-corrected chi connectivity index (χ1v) is 8.82. The summed E-state index contributed by atoms with van der Waals surface area (Å²) in [6, 6.07) is 12.5. The third-order valence-electron chi connectivity index (χ3n) is 3.11. The second-order valence-electron chi connectivity index (χ2n) is 4.71. The Balaban J connectivity index is 1.82. The lowest BCUT2D eigenvalue weighted by molar-refractivity contribution is -0.116. The summed E-state index contributed by atoms with van der Waals surface area (Å²) in [7, 11) is 0. The second-order valence-corrected chi connectivity index (χ2v) is 7.73. The zero-order valence-electron chi connectivity index (χ0n) is 12.0. The summed E-state index contributed by atoms with van der Waals surface area (Å²) in [5.74, 6) is -0.414. The van der Waals surface area contributed by atoms with Crippen LogP contribution >= 0.6 is 34.7 Å². The molecule has 5 nitrogen and oxygen atoms in total. The fourth-order valence-electron chi connectivity index (χ4n) is 2.02. The van der Waals surface area contributed by atoms with Gasteiger partial charge in [0, 0.05) is 0 Å². The molecule has 0 saturated carbocycles. The molecule has 2 aromatic rings. The fourth-order valence-corrected chi connectivity index (χ4v) is 3.87. The van der Waals surface area contributed by atoms with Crippen molar-refractivity contribution < 1.29 is 9.59 Å². The molecule has 8 heteroatoms. The Morgan fingerprint density at radius 2 is 2.00 bits per heavy atom. The van der Waals surface area contributed by atoms with Crippen LogP contribution in [0.3, 0.4) is 0 Å². The van der Waals surface area contributed by atoms with E-state index >= 15 is 0 Å². The number of amides is 2. The highest BCUT2D eigenvalue weighted by Gasteiger charge is 2.36. The van der Waals surface area contributed by atoms with Crippen LogP contribution in [-0.2, 0) is 4.79 Å². The van der Waals surface area contributed by atoms with Gasteiger partial charge in [-0.2, -0.15) is 0 Å². The van der Waals surface area contributed by atoms with Gasteiger partial charge in [0.25, 0.3) is 5.91 Å². The van der Waals surface area contributed by atoms with E-state index in [0.717, 1.165) is 5.69 Å². The van der Waals surface area contributed by atoms with Crippen LogP contribution in [0.4, 0.5) is 5.69 Å². The third kappa shape index (κ3) is 3.41. The van der Waals surface area contributed by atoms with E-state index in [2.05, 4.69) is 10.5 Å². The largest absolute Gasteiger partial charge is 0.281 e. The first-order chi connectivity index (χ1) is 11.1. The number of amidine groups is 1. The van der Waals surface area contributed by atoms with Gasteiger partial charge in [-0.25, -0.2) is 5.43 Å². The Hall–Kier alpha value is -1.83. The van der Waals surface area contributed by atoms with Crippen LogP contribution in [0.1, 0.15) is 16.6 Å². The number of benzene rings is 1. The molecule has 1 aliphatic heterocycles. The summed E-state index contributed by atoms with van der Waals surface area (Å²) < 4.78 is 0.535. The molecule has 1 saturated heterocycles. The maximum Gasteiger partial charge on any atom is 0.281 e. The van der Waals surface area contributed by atoms with E-state index in [1.54, 1.807) is 12.1 Å². The lowest BCUT2D eigenvalue weighted by atomic mass is 10.3. The molecule has 0 spiro atoms. The van der Waals surface area contributed by atoms with E-state index in [0.29, 0.717) is 14.4 Å². The molecule has 118 valence electrons. The maximum absolute atomic E-state index is 12.3. The monoisotopic (exact) mass is 365 g/mol. The van der Waals surface area contributed by atoms with Crippen molar-refractivity contribution in [2.45, 2.75) is 12.2 Å². The molecule has 1 aromatic heterocycles. The Bertz CT molecular complexity index is 776. The van der Waals surface area contributed by atoms with Gasteiger partial charge < -0.3 is 0 Å². The molecule has 0 aliphatic carbocycles. The number of thioether (sulfide) groups is 1. The van der Waals surface area contributed by atoms with E-state index < -0.39 is 0 Å². The molecular formula is C15H12ClN3O2S2. The van der Waals surface area contributed by atoms with E-state index in [1.165, 1.54) is 28.0 Å². The summed E-state index contributed by atoms with van der Waals surface area (Å²) in [5, 5.41) is 4.32. The van der Waals surface area contributed by atoms with E-state index in [9.17, 15) is 9.59 Å². The first-order valence-electron chi connectivity index (χ1n) is 6.75. The van der Waals surface area contributed by atoms with Crippen molar-refractivity contribution in [2.75, 3.05) is 4.90 Å². The van der Waals surface area contributed by atoms with Crippen molar-refractivity contribution in [1.82, 2.24) is 5.43 Å². The normalized spacial score (nSPS) is 19.4. The lowest BCUT2D eigenvalue weighted by Crippen LogP contribution is -2.32. The van der Waals surface area contributed by atoms with Gasteiger partial charge in [0.15, 0.2) is 5.17 Å². The van der Waals surface area contributed by atoms with Gasteiger partial charge in [-0.1, -0.05) is 41.6 Å². The average molecular weight is 366 g/mol. The number of nitrogens with zero attached hydrogens (tertiary/aromatic N) is 2. The van der Waals surface area contributed by atoms with E-state index in [1.807, 2.05) is 37.3 Å². The Labute approximate surface area is 146 Å². The number of anilines is 1.